The fraction of sp³-hybridized carbons (Fsp3) is 0.300. The lowest BCUT2D eigenvalue weighted by atomic mass is 9.96. The Labute approximate surface area is 156 Å². The van der Waals surface area contributed by atoms with E-state index < -0.39 is 17.7 Å². The highest BCUT2D eigenvalue weighted by Gasteiger charge is 2.33. The van der Waals surface area contributed by atoms with Crippen LogP contribution in [0, 0.1) is 11.6 Å². The van der Waals surface area contributed by atoms with E-state index >= 15 is 0 Å². The lowest BCUT2D eigenvalue weighted by Crippen LogP contribution is -2.48. The summed E-state index contributed by atoms with van der Waals surface area (Å²) >= 11 is 0. The molecular weight excluding hydrogens is 350 g/mol. The van der Waals surface area contributed by atoms with Gasteiger partial charge in [-0.3, -0.25) is 4.79 Å². The SMILES string of the molecule is CC(C1=NNCc2cc(F)c(F)cc21)N(C)C(=O)[C@@H]1Cc2ccccc2N1. The summed E-state index contributed by atoms with van der Waals surface area (Å²) in [4.78, 5) is 14.6. The summed E-state index contributed by atoms with van der Waals surface area (Å²) in [6.07, 6.45) is 0.618. The van der Waals surface area contributed by atoms with Crippen LogP contribution in [0.5, 0.6) is 0 Å². The Morgan fingerprint density at radius 3 is 2.74 bits per heavy atom. The fourth-order valence-corrected chi connectivity index (χ4v) is 3.63. The molecule has 2 aliphatic heterocycles. The van der Waals surface area contributed by atoms with Crippen LogP contribution in [-0.2, 0) is 17.8 Å². The first kappa shape index (κ1) is 17.5. The van der Waals surface area contributed by atoms with Crippen molar-refractivity contribution in [1.29, 1.82) is 0 Å². The lowest BCUT2D eigenvalue weighted by molar-refractivity contribution is -0.131. The van der Waals surface area contributed by atoms with Crippen molar-refractivity contribution in [3.8, 4) is 0 Å². The number of para-hydroxylation sites is 1. The van der Waals surface area contributed by atoms with Gasteiger partial charge in [-0.25, -0.2) is 8.78 Å². The van der Waals surface area contributed by atoms with Crippen molar-refractivity contribution in [2.75, 3.05) is 12.4 Å². The maximum Gasteiger partial charge on any atom is 0.245 e. The summed E-state index contributed by atoms with van der Waals surface area (Å²) in [7, 11) is 1.70. The summed E-state index contributed by atoms with van der Waals surface area (Å²) in [6.45, 7) is 2.15. The number of carbonyl (C=O) groups excluding carboxylic acids is 1. The summed E-state index contributed by atoms with van der Waals surface area (Å²) in [6, 6.07) is 9.41. The number of amides is 1. The second-order valence-corrected chi connectivity index (χ2v) is 6.94. The van der Waals surface area contributed by atoms with E-state index in [1.807, 2.05) is 31.2 Å². The summed E-state index contributed by atoms with van der Waals surface area (Å²) in [5.74, 6) is -1.88. The zero-order valence-electron chi connectivity index (χ0n) is 15.1. The van der Waals surface area contributed by atoms with Gasteiger partial charge in [0, 0.05) is 24.7 Å². The predicted molar refractivity (Wildman–Crippen MR) is 99.5 cm³/mol. The molecule has 140 valence electrons. The Balaban J connectivity index is 1.55. The number of halogens is 2. The van der Waals surface area contributed by atoms with Crippen LogP contribution in [0.15, 0.2) is 41.5 Å². The third kappa shape index (κ3) is 3.03. The molecule has 0 spiro atoms. The molecule has 0 radical (unpaired) electrons. The number of anilines is 1. The van der Waals surface area contributed by atoms with Gasteiger partial charge in [-0.05, 0) is 36.2 Å². The van der Waals surface area contributed by atoms with Gasteiger partial charge in [0.25, 0.3) is 0 Å². The van der Waals surface area contributed by atoms with E-state index in [2.05, 4.69) is 15.8 Å². The molecule has 2 aromatic rings. The largest absolute Gasteiger partial charge is 0.373 e. The van der Waals surface area contributed by atoms with Crippen molar-refractivity contribution in [1.82, 2.24) is 10.3 Å². The van der Waals surface area contributed by atoms with E-state index in [4.69, 9.17) is 0 Å². The average Bonchev–Trinajstić information content (AvgIpc) is 3.11. The average molecular weight is 370 g/mol. The van der Waals surface area contributed by atoms with E-state index in [0.29, 0.717) is 29.8 Å². The first-order chi connectivity index (χ1) is 13.0. The van der Waals surface area contributed by atoms with E-state index in [0.717, 1.165) is 17.3 Å². The second-order valence-electron chi connectivity index (χ2n) is 6.94. The number of fused-ring (bicyclic) bond motifs is 2. The zero-order valence-corrected chi connectivity index (χ0v) is 15.1. The topological polar surface area (TPSA) is 56.7 Å². The second kappa shape index (κ2) is 6.64. The van der Waals surface area contributed by atoms with Gasteiger partial charge in [0.1, 0.15) is 6.04 Å². The summed E-state index contributed by atoms with van der Waals surface area (Å²) < 4.78 is 27.3. The van der Waals surface area contributed by atoms with Crippen molar-refractivity contribution in [2.45, 2.75) is 32.0 Å². The van der Waals surface area contributed by atoms with Crippen molar-refractivity contribution in [3.05, 3.63) is 64.7 Å². The van der Waals surface area contributed by atoms with Gasteiger partial charge in [0.05, 0.1) is 18.3 Å². The Bertz CT molecular complexity index is 919. The monoisotopic (exact) mass is 370 g/mol. The van der Waals surface area contributed by atoms with Gasteiger partial charge < -0.3 is 15.6 Å². The number of rotatable bonds is 3. The molecule has 0 saturated heterocycles. The molecule has 0 fully saturated rings. The van der Waals surface area contributed by atoms with Crippen molar-refractivity contribution in [3.63, 3.8) is 0 Å². The van der Waals surface area contributed by atoms with Crippen molar-refractivity contribution < 1.29 is 13.6 Å². The Hall–Kier alpha value is -2.96. The molecule has 7 heteroatoms. The van der Waals surface area contributed by atoms with Crippen LogP contribution in [0.1, 0.15) is 23.6 Å². The summed E-state index contributed by atoms with van der Waals surface area (Å²) in [5, 5.41) is 7.53. The Morgan fingerprint density at radius 1 is 1.22 bits per heavy atom. The number of nitrogens with one attached hydrogen (secondary N) is 2. The van der Waals surface area contributed by atoms with Gasteiger partial charge in [-0.1, -0.05) is 18.2 Å². The molecule has 1 amide bonds. The number of likely N-dealkylation sites (N-methyl/N-ethyl adjacent to an activating group) is 1. The maximum atomic E-state index is 13.8. The first-order valence-corrected chi connectivity index (χ1v) is 8.85. The van der Waals surface area contributed by atoms with Crippen molar-refractivity contribution >= 4 is 17.3 Å². The summed E-state index contributed by atoms with van der Waals surface area (Å²) in [5.41, 5.74) is 6.59. The van der Waals surface area contributed by atoms with Gasteiger partial charge in [0.15, 0.2) is 11.6 Å². The molecule has 2 aromatic carbocycles. The third-order valence-corrected chi connectivity index (χ3v) is 5.28. The van der Waals surface area contributed by atoms with Crippen LogP contribution in [0.4, 0.5) is 14.5 Å². The molecule has 27 heavy (non-hydrogen) atoms. The fourth-order valence-electron chi connectivity index (χ4n) is 3.63. The molecule has 2 aliphatic rings. The number of hydrazone groups is 1. The molecule has 5 nitrogen and oxygen atoms in total. The zero-order chi connectivity index (χ0) is 19.1. The number of hydrogen-bond donors (Lipinski definition) is 2. The Morgan fingerprint density at radius 2 is 1.96 bits per heavy atom. The van der Waals surface area contributed by atoms with Crippen LogP contribution in [0.2, 0.25) is 0 Å². The Kier molecular flexibility index (Phi) is 4.30. The number of benzene rings is 2. The molecule has 1 unspecified atom stereocenters. The highest BCUT2D eigenvalue weighted by atomic mass is 19.2. The number of hydrogen-bond acceptors (Lipinski definition) is 4. The highest BCUT2D eigenvalue weighted by Crippen LogP contribution is 2.27. The maximum absolute atomic E-state index is 13.8. The van der Waals surface area contributed by atoms with E-state index in [9.17, 15) is 13.6 Å². The highest BCUT2D eigenvalue weighted by molar-refractivity contribution is 6.07. The minimum atomic E-state index is -0.919. The minimum absolute atomic E-state index is 0.0730. The smallest absolute Gasteiger partial charge is 0.245 e. The molecular formula is C20H20F2N4O. The van der Waals surface area contributed by atoms with Gasteiger partial charge >= 0.3 is 0 Å². The lowest BCUT2D eigenvalue weighted by Gasteiger charge is -2.31. The van der Waals surface area contributed by atoms with Crippen molar-refractivity contribution in [2.24, 2.45) is 5.10 Å². The predicted octanol–water partition coefficient (Wildman–Crippen LogP) is 2.66. The molecule has 2 N–H and O–H groups in total. The minimum Gasteiger partial charge on any atom is -0.373 e. The third-order valence-electron chi connectivity index (χ3n) is 5.28. The van der Waals surface area contributed by atoms with E-state index in [1.165, 1.54) is 6.07 Å². The molecule has 0 saturated carbocycles. The van der Waals surface area contributed by atoms with Crippen LogP contribution < -0.4 is 10.7 Å². The molecule has 2 atom stereocenters. The molecule has 0 aliphatic carbocycles. The van der Waals surface area contributed by atoms with Gasteiger partial charge in [0.2, 0.25) is 5.91 Å². The molecule has 4 rings (SSSR count). The molecule has 2 heterocycles. The van der Waals surface area contributed by atoms with Gasteiger partial charge in [-0.2, -0.15) is 5.10 Å². The standard InChI is InChI=1S/C20H20F2N4O/c1-11(19-14-9-16(22)15(21)7-13(14)10-23-25-19)26(2)20(27)18-8-12-5-3-4-6-17(12)24-18/h3-7,9,11,18,23-24H,8,10H2,1-2H3/t11?,18-/m0/s1. The van der Waals surface area contributed by atoms with Gasteiger partial charge in [-0.15, -0.1) is 0 Å². The normalized spacial score (nSPS) is 18.5. The van der Waals surface area contributed by atoms with Crippen LogP contribution in [0.25, 0.3) is 0 Å². The first-order valence-electron chi connectivity index (χ1n) is 8.85. The van der Waals surface area contributed by atoms with Crippen LogP contribution >= 0.6 is 0 Å². The van der Waals surface area contributed by atoms with Crippen LogP contribution in [0.3, 0.4) is 0 Å². The van der Waals surface area contributed by atoms with E-state index in [-0.39, 0.29) is 11.9 Å². The quantitative estimate of drug-likeness (QED) is 0.873. The number of carbonyl (C=O) groups is 1. The van der Waals surface area contributed by atoms with E-state index in [1.54, 1.807) is 11.9 Å². The molecule has 0 bridgehead atoms. The number of nitrogens with zero attached hydrogens (tertiary/aromatic N) is 2. The van der Waals surface area contributed by atoms with Crippen LogP contribution in [-0.4, -0.2) is 35.7 Å². The molecule has 0 aromatic heterocycles.